The maximum atomic E-state index is 14.7. The molecule has 5 rings (SSSR count). The average Bonchev–Trinajstić information content (AvgIpc) is 3.08. The molecule has 29 heavy (non-hydrogen) atoms. The molecule has 3 aromatic heterocycles. The zero-order valence-corrected chi connectivity index (χ0v) is 15.5. The molecule has 10 heteroatoms. The number of aliphatic hydroxyl groups is 1. The molecule has 1 aliphatic rings. The number of H-pyrrole nitrogens is 1. The fraction of sp³-hybridized carbons (Fsp3) is 0.211. The van der Waals surface area contributed by atoms with Gasteiger partial charge < -0.3 is 14.8 Å². The highest BCUT2D eigenvalue weighted by Gasteiger charge is 2.43. The van der Waals surface area contributed by atoms with Gasteiger partial charge in [-0.25, -0.2) is 13.8 Å². The Morgan fingerprint density at radius 2 is 2.21 bits per heavy atom. The number of rotatable bonds is 4. The SMILES string of the molecule is O=C(Nc1cn2cc(-c3c(Cl)c(F)c(CO)c4[nH]ncc34)ccc2n1)[C@@H]1C[C@@H]1F. The largest absolute Gasteiger partial charge is 0.391 e. The number of aromatic amines is 1. The lowest BCUT2D eigenvalue weighted by molar-refractivity contribution is -0.117. The van der Waals surface area contributed by atoms with Crippen LogP contribution in [0.4, 0.5) is 14.6 Å². The topological polar surface area (TPSA) is 95.3 Å². The van der Waals surface area contributed by atoms with Crippen LogP contribution in [0, 0.1) is 11.7 Å². The van der Waals surface area contributed by atoms with Crippen molar-refractivity contribution in [3.63, 3.8) is 0 Å². The van der Waals surface area contributed by atoms with Crippen molar-refractivity contribution in [1.29, 1.82) is 0 Å². The maximum Gasteiger partial charge on any atom is 0.231 e. The van der Waals surface area contributed by atoms with Gasteiger partial charge in [-0.2, -0.15) is 5.10 Å². The van der Waals surface area contributed by atoms with Gasteiger partial charge in [-0.15, -0.1) is 0 Å². The van der Waals surface area contributed by atoms with Gasteiger partial charge in [0.05, 0.1) is 35.5 Å². The molecule has 0 unspecified atom stereocenters. The highest BCUT2D eigenvalue weighted by atomic mass is 35.5. The number of alkyl halides is 1. The lowest BCUT2D eigenvalue weighted by atomic mass is 10.00. The van der Waals surface area contributed by atoms with Gasteiger partial charge in [0.2, 0.25) is 5.91 Å². The van der Waals surface area contributed by atoms with E-state index in [-0.39, 0.29) is 17.0 Å². The number of benzene rings is 1. The van der Waals surface area contributed by atoms with Crippen molar-refractivity contribution in [2.24, 2.45) is 5.92 Å². The van der Waals surface area contributed by atoms with Gasteiger partial charge in [0.1, 0.15) is 17.6 Å². The van der Waals surface area contributed by atoms with Crippen molar-refractivity contribution in [1.82, 2.24) is 19.6 Å². The first-order chi connectivity index (χ1) is 14.0. The van der Waals surface area contributed by atoms with Crippen LogP contribution in [0.15, 0.2) is 30.7 Å². The van der Waals surface area contributed by atoms with Gasteiger partial charge in [-0.1, -0.05) is 11.6 Å². The molecule has 4 aromatic rings. The zero-order valence-electron chi connectivity index (χ0n) is 14.8. The third-order valence-corrected chi connectivity index (χ3v) is 5.44. The molecule has 7 nitrogen and oxygen atoms in total. The lowest BCUT2D eigenvalue weighted by Crippen LogP contribution is -2.15. The second kappa shape index (κ2) is 6.50. The molecule has 1 aromatic carbocycles. The number of halogens is 3. The Kier molecular flexibility index (Phi) is 4.04. The summed E-state index contributed by atoms with van der Waals surface area (Å²) < 4.78 is 29.4. The van der Waals surface area contributed by atoms with Crippen LogP contribution >= 0.6 is 11.6 Å². The number of pyridine rings is 1. The lowest BCUT2D eigenvalue weighted by Gasteiger charge is -2.11. The van der Waals surface area contributed by atoms with Crippen molar-refractivity contribution in [2.45, 2.75) is 19.2 Å². The van der Waals surface area contributed by atoms with E-state index in [4.69, 9.17) is 11.6 Å². The Hall–Kier alpha value is -3.04. The number of carbonyl (C=O) groups is 1. The van der Waals surface area contributed by atoms with Crippen molar-refractivity contribution < 1.29 is 18.7 Å². The number of carbonyl (C=O) groups excluding carboxylic acids is 1. The fourth-order valence-corrected chi connectivity index (χ4v) is 3.79. The van der Waals surface area contributed by atoms with Gasteiger partial charge in [-0.3, -0.25) is 9.89 Å². The van der Waals surface area contributed by atoms with E-state index < -0.39 is 30.4 Å². The van der Waals surface area contributed by atoms with Gasteiger partial charge in [-0.05, 0) is 18.6 Å². The number of amides is 1. The summed E-state index contributed by atoms with van der Waals surface area (Å²) in [5, 5.41) is 19.2. The minimum absolute atomic E-state index is 0.0474. The molecule has 1 fully saturated rings. The second-order valence-corrected chi connectivity index (χ2v) is 7.33. The van der Waals surface area contributed by atoms with E-state index >= 15 is 0 Å². The van der Waals surface area contributed by atoms with E-state index in [0.717, 1.165) is 0 Å². The minimum atomic E-state index is -1.09. The Labute approximate surface area is 167 Å². The molecule has 148 valence electrons. The normalized spacial score (nSPS) is 18.5. The summed E-state index contributed by atoms with van der Waals surface area (Å²) in [5.41, 5.74) is 1.98. The summed E-state index contributed by atoms with van der Waals surface area (Å²) in [6, 6.07) is 3.41. The van der Waals surface area contributed by atoms with Crippen molar-refractivity contribution in [3.05, 3.63) is 47.1 Å². The van der Waals surface area contributed by atoms with Crippen molar-refractivity contribution >= 4 is 39.9 Å². The standard InChI is InChI=1S/C19H14ClF2N5O2/c20-16-15(10-4-23-26-18(10)11(7-28)17(16)22)8-1-2-14-24-13(6-27(14)5-8)25-19(29)9-3-12(9)21/h1-2,4-6,9,12,28H,3,7H2,(H,23,26)(H,25,29)/t9-,12+/m1/s1. The molecule has 1 saturated carbocycles. The summed E-state index contributed by atoms with van der Waals surface area (Å²) in [6.07, 6.45) is 3.94. The van der Waals surface area contributed by atoms with Crippen LogP contribution in [0.5, 0.6) is 0 Å². The minimum Gasteiger partial charge on any atom is -0.391 e. The van der Waals surface area contributed by atoms with Gasteiger partial charge in [0.25, 0.3) is 0 Å². The Morgan fingerprint density at radius 3 is 2.93 bits per heavy atom. The molecule has 3 N–H and O–H groups in total. The first-order valence-electron chi connectivity index (χ1n) is 8.85. The third kappa shape index (κ3) is 2.85. The molecular weight excluding hydrogens is 404 g/mol. The Morgan fingerprint density at radius 1 is 1.41 bits per heavy atom. The van der Waals surface area contributed by atoms with Crippen LogP contribution in [0.3, 0.4) is 0 Å². The third-order valence-electron chi connectivity index (χ3n) is 5.09. The summed E-state index contributed by atoms with van der Waals surface area (Å²) in [6.45, 7) is -0.519. The second-order valence-electron chi connectivity index (χ2n) is 6.96. The van der Waals surface area contributed by atoms with Crippen molar-refractivity contribution in [3.8, 4) is 11.1 Å². The van der Waals surface area contributed by atoms with Gasteiger partial charge in [0, 0.05) is 28.3 Å². The van der Waals surface area contributed by atoms with E-state index in [2.05, 4.69) is 20.5 Å². The molecule has 0 aliphatic heterocycles. The summed E-state index contributed by atoms with van der Waals surface area (Å²) >= 11 is 6.28. The first-order valence-corrected chi connectivity index (χ1v) is 9.23. The smallest absolute Gasteiger partial charge is 0.231 e. The number of imidazole rings is 1. The fourth-order valence-electron chi connectivity index (χ4n) is 3.46. The first kappa shape index (κ1) is 18.0. The van der Waals surface area contributed by atoms with Crippen LogP contribution in [0.25, 0.3) is 27.7 Å². The van der Waals surface area contributed by atoms with E-state index in [1.165, 1.54) is 6.20 Å². The molecule has 0 spiro atoms. The molecule has 1 amide bonds. The average molecular weight is 418 g/mol. The van der Waals surface area contributed by atoms with Gasteiger partial charge >= 0.3 is 0 Å². The molecule has 0 saturated heterocycles. The number of fused-ring (bicyclic) bond motifs is 2. The van der Waals surface area contributed by atoms with Crippen LogP contribution in [-0.2, 0) is 11.4 Å². The molecule has 1 aliphatic carbocycles. The Balaban J connectivity index is 1.58. The number of anilines is 1. The van der Waals surface area contributed by atoms with Crippen LogP contribution < -0.4 is 5.32 Å². The summed E-state index contributed by atoms with van der Waals surface area (Å²) in [7, 11) is 0. The van der Waals surface area contributed by atoms with Crippen LogP contribution in [-0.4, -0.2) is 36.8 Å². The molecule has 3 heterocycles. The molecule has 0 radical (unpaired) electrons. The summed E-state index contributed by atoms with van der Waals surface area (Å²) in [5.74, 6) is -1.43. The number of nitrogens with one attached hydrogen (secondary N) is 2. The predicted octanol–water partition coefficient (Wildman–Crippen LogP) is 3.46. The van der Waals surface area contributed by atoms with E-state index in [0.29, 0.717) is 33.5 Å². The number of nitrogens with zero attached hydrogens (tertiary/aromatic N) is 3. The van der Waals surface area contributed by atoms with Gasteiger partial charge in [0.15, 0.2) is 5.82 Å². The number of aromatic nitrogens is 4. The van der Waals surface area contributed by atoms with E-state index in [9.17, 15) is 18.7 Å². The highest BCUT2D eigenvalue weighted by Crippen LogP contribution is 2.39. The molecular formula is C19H14ClF2N5O2. The zero-order chi connectivity index (χ0) is 20.3. The summed E-state index contributed by atoms with van der Waals surface area (Å²) in [4.78, 5) is 16.2. The van der Waals surface area contributed by atoms with E-state index in [1.807, 2.05) is 0 Å². The number of hydrogen-bond acceptors (Lipinski definition) is 4. The quantitative estimate of drug-likeness (QED) is 0.474. The maximum absolute atomic E-state index is 14.7. The number of aliphatic hydroxyl groups excluding tert-OH is 1. The Bertz CT molecular complexity index is 1280. The van der Waals surface area contributed by atoms with E-state index in [1.54, 1.807) is 28.9 Å². The highest BCUT2D eigenvalue weighted by molar-refractivity contribution is 6.35. The number of hydrogen-bond donors (Lipinski definition) is 3. The van der Waals surface area contributed by atoms with Crippen molar-refractivity contribution in [2.75, 3.05) is 5.32 Å². The van der Waals surface area contributed by atoms with Crippen LogP contribution in [0.1, 0.15) is 12.0 Å². The van der Waals surface area contributed by atoms with Crippen LogP contribution in [0.2, 0.25) is 5.02 Å². The molecule has 0 bridgehead atoms. The predicted molar refractivity (Wildman–Crippen MR) is 103 cm³/mol. The molecule has 2 atom stereocenters. The monoisotopic (exact) mass is 417 g/mol.